The molecule has 3 amide bonds. The van der Waals surface area contributed by atoms with Gasteiger partial charge in [-0.2, -0.15) is 17.9 Å². The van der Waals surface area contributed by atoms with Gasteiger partial charge in [0.25, 0.3) is 21.6 Å². The molecular formula is C13H11F3N6O4S2. The van der Waals surface area contributed by atoms with Crippen LogP contribution < -0.4 is 20.7 Å². The van der Waals surface area contributed by atoms with Crippen LogP contribution in [0.25, 0.3) is 0 Å². The van der Waals surface area contributed by atoms with Crippen molar-refractivity contribution in [3.63, 3.8) is 0 Å². The number of amides is 3. The van der Waals surface area contributed by atoms with E-state index in [9.17, 15) is 31.2 Å². The number of aryl methyl sites for hydroxylation is 1. The van der Waals surface area contributed by atoms with Crippen molar-refractivity contribution in [2.45, 2.75) is 23.1 Å². The van der Waals surface area contributed by atoms with Gasteiger partial charge < -0.3 is 11.1 Å². The number of halogens is 3. The fraction of sp³-hybridized carbons (Fsp3) is 0.231. The number of aromatic nitrogens is 2. The molecule has 2 heterocycles. The number of hydrogen-bond acceptors (Lipinski definition) is 8. The van der Waals surface area contributed by atoms with Crippen molar-refractivity contribution in [3.8, 4) is 0 Å². The first-order chi connectivity index (χ1) is 12.9. The molecular weight excluding hydrogens is 425 g/mol. The first kappa shape index (κ1) is 20.0. The molecule has 0 spiro atoms. The minimum atomic E-state index is -5.51. The normalized spacial score (nSPS) is 20.5. The highest BCUT2D eigenvalue weighted by Crippen LogP contribution is 2.37. The number of rotatable bonds is 4. The highest BCUT2D eigenvalue weighted by molar-refractivity contribution is 7.91. The van der Waals surface area contributed by atoms with Crippen molar-refractivity contribution in [1.29, 1.82) is 0 Å². The van der Waals surface area contributed by atoms with Crippen molar-refractivity contribution < 1.29 is 31.2 Å². The van der Waals surface area contributed by atoms with Gasteiger partial charge in [-0.1, -0.05) is 29.5 Å². The Morgan fingerprint density at radius 1 is 1.25 bits per heavy atom. The SMILES string of the molecule is Cc1ccccc1N1C(=O)NC(NS(=O)(=O)c2nnc(N)s2)(C(F)(F)F)C1=O. The Bertz CT molecular complexity index is 1070. The van der Waals surface area contributed by atoms with Crippen LogP contribution >= 0.6 is 11.3 Å². The number of sulfonamides is 1. The molecule has 28 heavy (non-hydrogen) atoms. The lowest BCUT2D eigenvalue weighted by Crippen LogP contribution is -2.69. The third-order valence-corrected chi connectivity index (χ3v) is 6.31. The van der Waals surface area contributed by atoms with Gasteiger partial charge in [0, 0.05) is 0 Å². The molecule has 4 N–H and O–H groups in total. The average molecular weight is 436 g/mol. The van der Waals surface area contributed by atoms with Crippen LogP contribution in [0.4, 0.5) is 28.8 Å². The van der Waals surface area contributed by atoms with E-state index >= 15 is 0 Å². The molecule has 1 aliphatic rings. The maximum absolute atomic E-state index is 13.8. The van der Waals surface area contributed by atoms with Gasteiger partial charge in [-0.25, -0.2) is 18.1 Å². The fourth-order valence-corrected chi connectivity index (χ4v) is 4.51. The summed E-state index contributed by atoms with van der Waals surface area (Å²) in [5.41, 5.74) is 1.52. The Morgan fingerprint density at radius 2 is 1.89 bits per heavy atom. The van der Waals surface area contributed by atoms with Crippen molar-refractivity contribution in [2.24, 2.45) is 0 Å². The van der Waals surface area contributed by atoms with Crippen LogP contribution in [0.1, 0.15) is 5.56 Å². The van der Waals surface area contributed by atoms with Crippen LogP contribution in [0.5, 0.6) is 0 Å². The molecule has 1 aromatic heterocycles. The smallest absolute Gasteiger partial charge is 0.374 e. The summed E-state index contributed by atoms with van der Waals surface area (Å²) in [6, 6.07) is 4.23. The van der Waals surface area contributed by atoms with E-state index in [0.29, 0.717) is 5.56 Å². The van der Waals surface area contributed by atoms with E-state index in [-0.39, 0.29) is 27.1 Å². The van der Waals surface area contributed by atoms with Crippen LogP contribution in [-0.2, 0) is 14.8 Å². The third kappa shape index (κ3) is 3.06. The number of benzene rings is 1. The number of nitrogens with two attached hydrogens (primary N) is 1. The summed E-state index contributed by atoms with van der Waals surface area (Å²) in [6.07, 6.45) is -5.51. The van der Waals surface area contributed by atoms with E-state index < -0.39 is 38.1 Å². The molecule has 0 aliphatic carbocycles. The van der Waals surface area contributed by atoms with Crippen molar-refractivity contribution >= 4 is 44.1 Å². The molecule has 1 fully saturated rings. The van der Waals surface area contributed by atoms with Crippen LogP contribution in [0, 0.1) is 6.92 Å². The Balaban J connectivity index is 2.10. The van der Waals surface area contributed by atoms with Gasteiger partial charge in [0.15, 0.2) is 0 Å². The van der Waals surface area contributed by atoms with Crippen LogP contribution in [-0.4, -0.2) is 42.4 Å². The second kappa shape index (κ2) is 6.39. The number of urea groups is 1. The number of hydrogen-bond donors (Lipinski definition) is 3. The van der Waals surface area contributed by atoms with Gasteiger partial charge in [-0.15, -0.1) is 10.2 Å². The number of para-hydroxylation sites is 1. The average Bonchev–Trinajstić information content (AvgIpc) is 3.11. The zero-order valence-corrected chi connectivity index (χ0v) is 15.4. The Hall–Kier alpha value is -2.78. The summed E-state index contributed by atoms with van der Waals surface area (Å²) in [5, 5.41) is 7.48. The van der Waals surface area contributed by atoms with Gasteiger partial charge in [-0.3, -0.25) is 4.79 Å². The Kier molecular flexibility index (Phi) is 4.55. The summed E-state index contributed by atoms with van der Waals surface area (Å²) in [5.74, 6) is -1.86. The number of nitrogens with one attached hydrogen (secondary N) is 2. The summed E-state index contributed by atoms with van der Waals surface area (Å²) in [7, 11) is -5.00. The van der Waals surface area contributed by atoms with Crippen LogP contribution in [0.2, 0.25) is 0 Å². The highest BCUT2D eigenvalue weighted by atomic mass is 32.2. The number of anilines is 2. The van der Waals surface area contributed by atoms with Gasteiger partial charge in [-0.05, 0) is 18.6 Å². The maximum atomic E-state index is 13.8. The van der Waals surface area contributed by atoms with E-state index in [2.05, 4.69) is 10.2 Å². The lowest BCUT2D eigenvalue weighted by Gasteiger charge is -2.29. The monoisotopic (exact) mass is 436 g/mol. The van der Waals surface area contributed by atoms with E-state index in [1.807, 2.05) is 0 Å². The quantitative estimate of drug-likeness (QED) is 0.598. The summed E-state index contributed by atoms with van der Waals surface area (Å²) in [4.78, 5) is 25.2. The molecule has 0 radical (unpaired) electrons. The Labute approximate surface area is 159 Å². The third-order valence-electron chi connectivity index (χ3n) is 3.74. The second-order valence-corrected chi connectivity index (χ2v) is 8.48. The van der Waals surface area contributed by atoms with Crippen LogP contribution in [0.3, 0.4) is 0 Å². The van der Waals surface area contributed by atoms with Gasteiger partial charge in [0.2, 0.25) is 9.47 Å². The predicted octanol–water partition coefficient (Wildman–Crippen LogP) is 0.722. The molecule has 0 bridgehead atoms. The first-order valence-electron chi connectivity index (χ1n) is 7.31. The summed E-state index contributed by atoms with van der Waals surface area (Å²) in [6.45, 7) is 1.47. The molecule has 2 aromatic rings. The zero-order valence-electron chi connectivity index (χ0n) is 13.8. The molecule has 0 saturated carbocycles. The molecule has 1 saturated heterocycles. The Morgan fingerprint density at radius 3 is 2.43 bits per heavy atom. The molecule has 1 aliphatic heterocycles. The number of imide groups is 1. The summed E-state index contributed by atoms with van der Waals surface area (Å²) < 4.78 is 66.5. The van der Waals surface area contributed by atoms with Crippen LogP contribution in [0.15, 0.2) is 28.6 Å². The number of nitrogens with zero attached hydrogens (tertiary/aromatic N) is 3. The van der Waals surface area contributed by atoms with Crippen molar-refractivity contribution in [1.82, 2.24) is 20.2 Å². The second-order valence-electron chi connectivity index (χ2n) is 5.62. The molecule has 1 atom stereocenters. The largest absolute Gasteiger partial charge is 0.435 e. The topological polar surface area (TPSA) is 147 Å². The maximum Gasteiger partial charge on any atom is 0.435 e. The van der Waals surface area contributed by atoms with Gasteiger partial charge in [0.1, 0.15) is 0 Å². The minimum absolute atomic E-state index is 0.129. The number of alkyl halides is 3. The molecule has 10 nitrogen and oxygen atoms in total. The molecule has 3 rings (SSSR count). The molecule has 15 heteroatoms. The molecule has 1 unspecified atom stereocenters. The first-order valence-corrected chi connectivity index (χ1v) is 9.61. The van der Waals surface area contributed by atoms with E-state index in [1.54, 1.807) is 6.07 Å². The molecule has 1 aromatic carbocycles. The fourth-order valence-electron chi connectivity index (χ4n) is 2.46. The predicted molar refractivity (Wildman–Crippen MR) is 90.6 cm³/mol. The minimum Gasteiger partial charge on any atom is -0.374 e. The van der Waals surface area contributed by atoms with E-state index in [1.165, 1.54) is 35.2 Å². The highest BCUT2D eigenvalue weighted by Gasteiger charge is 2.70. The lowest BCUT2D eigenvalue weighted by molar-refractivity contribution is -0.194. The van der Waals surface area contributed by atoms with Gasteiger partial charge >= 0.3 is 12.2 Å². The number of carbonyl (C=O) groups excluding carboxylic acids is 2. The standard InChI is InChI=1S/C13H11F3N6O4S2/c1-6-4-2-3-5-7(6)22-8(23)12(13(14,15)16,18-10(22)24)21-28(25,26)11-20-19-9(17)27-11/h2-5,21H,1H3,(H2,17,19)(H,18,24). The van der Waals surface area contributed by atoms with Gasteiger partial charge in [0.05, 0.1) is 5.69 Å². The number of nitrogen functional groups attached to an aromatic ring is 1. The zero-order chi connectivity index (χ0) is 20.9. The number of carbonyl (C=O) groups is 2. The van der Waals surface area contributed by atoms with E-state index in [4.69, 9.17) is 5.73 Å². The van der Waals surface area contributed by atoms with E-state index in [0.717, 1.165) is 0 Å². The lowest BCUT2D eigenvalue weighted by atomic mass is 10.1. The van der Waals surface area contributed by atoms with Crippen molar-refractivity contribution in [2.75, 3.05) is 10.6 Å². The van der Waals surface area contributed by atoms with Crippen molar-refractivity contribution in [3.05, 3.63) is 29.8 Å². The molecule has 150 valence electrons. The summed E-state index contributed by atoms with van der Waals surface area (Å²) >= 11 is 0.289.